The predicted octanol–water partition coefficient (Wildman–Crippen LogP) is 3.17. The van der Waals surface area contributed by atoms with Crippen molar-refractivity contribution in [2.75, 3.05) is 24.5 Å². The van der Waals surface area contributed by atoms with Crippen LogP contribution in [0.15, 0.2) is 18.2 Å². The number of likely N-dealkylation sites (tertiary alicyclic amines) is 1. The van der Waals surface area contributed by atoms with E-state index in [1.54, 1.807) is 0 Å². The van der Waals surface area contributed by atoms with Gasteiger partial charge in [0.25, 0.3) is 0 Å². The number of benzene rings is 1. The summed E-state index contributed by atoms with van der Waals surface area (Å²) in [5.74, 6) is 0.541. The molecule has 130 valence electrons. The molecule has 0 aromatic heterocycles. The Balaban J connectivity index is 1.68. The zero-order valence-electron chi connectivity index (χ0n) is 15.0. The monoisotopic (exact) mass is 328 g/mol. The normalized spacial score (nSPS) is 18.7. The molecule has 2 aliphatic rings. The maximum Gasteiger partial charge on any atom is 0.230 e. The lowest BCUT2D eigenvalue weighted by molar-refractivity contribution is -0.137. The van der Waals surface area contributed by atoms with Crippen LogP contribution in [0.4, 0.5) is 5.69 Å². The predicted molar refractivity (Wildman–Crippen MR) is 96.0 cm³/mol. The summed E-state index contributed by atoms with van der Waals surface area (Å²) in [6.07, 6.45) is 3.67. The molecule has 0 aliphatic carbocycles. The first-order chi connectivity index (χ1) is 11.5. The van der Waals surface area contributed by atoms with Crippen molar-refractivity contribution in [2.45, 2.75) is 46.5 Å². The Morgan fingerprint density at radius 2 is 1.83 bits per heavy atom. The number of carbonyl (C=O) groups is 2. The minimum absolute atomic E-state index is 0.0365. The van der Waals surface area contributed by atoms with E-state index >= 15 is 0 Å². The molecule has 4 heteroatoms. The number of amides is 2. The summed E-state index contributed by atoms with van der Waals surface area (Å²) >= 11 is 0. The van der Waals surface area contributed by atoms with Crippen LogP contribution in [0.2, 0.25) is 0 Å². The van der Waals surface area contributed by atoms with E-state index in [1.165, 1.54) is 11.1 Å². The fourth-order valence-corrected chi connectivity index (χ4v) is 3.89. The van der Waals surface area contributed by atoms with E-state index in [4.69, 9.17) is 0 Å². The van der Waals surface area contributed by atoms with Gasteiger partial charge in [0.15, 0.2) is 0 Å². The van der Waals surface area contributed by atoms with E-state index in [-0.39, 0.29) is 23.7 Å². The molecule has 1 saturated heterocycles. The van der Waals surface area contributed by atoms with E-state index in [2.05, 4.69) is 25.1 Å². The van der Waals surface area contributed by atoms with Gasteiger partial charge in [0.1, 0.15) is 0 Å². The first-order valence-electron chi connectivity index (χ1n) is 9.17. The molecule has 2 heterocycles. The van der Waals surface area contributed by atoms with E-state index < -0.39 is 0 Å². The van der Waals surface area contributed by atoms with Crippen molar-refractivity contribution in [1.82, 2.24) is 4.90 Å². The number of hydrogen-bond acceptors (Lipinski definition) is 2. The number of aryl methyl sites for hydroxylation is 2. The number of anilines is 1. The van der Waals surface area contributed by atoms with Crippen LogP contribution < -0.4 is 4.90 Å². The second-order valence-corrected chi connectivity index (χ2v) is 7.48. The van der Waals surface area contributed by atoms with Crippen molar-refractivity contribution in [1.29, 1.82) is 0 Å². The smallest absolute Gasteiger partial charge is 0.230 e. The van der Waals surface area contributed by atoms with Gasteiger partial charge in [-0.3, -0.25) is 9.59 Å². The molecule has 0 unspecified atom stereocenters. The van der Waals surface area contributed by atoms with E-state index in [1.807, 2.05) is 23.6 Å². The summed E-state index contributed by atoms with van der Waals surface area (Å²) < 4.78 is 0. The number of fused-ring (bicyclic) bond motifs is 1. The van der Waals surface area contributed by atoms with Crippen LogP contribution in [-0.4, -0.2) is 36.3 Å². The van der Waals surface area contributed by atoms with Gasteiger partial charge in [0, 0.05) is 37.2 Å². The second kappa shape index (κ2) is 6.96. The Kier molecular flexibility index (Phi) is 4.93. The van der Waals surface area contributed by atoms with Crippen molar-refractivity contribution in [2.24, 2.45) is 11.8 Å². The van der Waals surface area contributed by atoms with Crippen molar-refractivity contribution >= 4 is 17.5 Å². The Morgan fingerprint density at radius 1 is 1.12 bits per heavy atom. The summed E-state index contributed by atoms with van der Waals surface area (Å²) in [5, 5.41) is 0. The molecule has 24 heavy (non-hydrogen) atoms. The average molecular weight is 328 g/mol. The Bertz CT molecular complexity index is 631. The first-order valence-corrected chi connectivity index (χ1v) is 9.17. The third kappa shape index (κ3) is 3.33. The Hall–Kier alpha value is -1.84. The maximum atomic E-state index is 13.0. The van der Waals surface area contributed by atoms with E-state index in [9.17, 15) is 9.59 Å². The molecule has 0 atom stereocenters. The van der Waals surface area contributed by atoms with Gasteiger partial charge < -0.3 is 9.80 Å². The lowest BCUT2D eigenvalue weighted by atomic mass is 9.92. The second-order valence-electron chi connectivity index (χ2n) is 7.48. The molecular weight excluding hydrogens is 300 g/mol. The highest BCUT2D eigenvalue weighted by Gasteiger charge is 2.32. The molecule has 0 saturated carbocycles. The maximum absolute atomic E-state index is 13.0. The van der Waals surface area contributed by atoms with Crippen LogP contribution in [0.3, 0.4) is 0 Å². The highest BCUT2D eigenvalue weighted by molar-refractivity contribution is 5.96. The molecule has 4 nitrogen and oxygen atoms in total. The average Bonchev–Trinajstić information content (AvgIpc) is 2.59. The molecule has 2 aliphatic heterocycles. The quantitative estimate of drug-likeness (QED) is 0.837. The van der Waals surface area contributed by atoms with Gasteiger partial charge in [-0.1, -0.05) is 31.5 Å². The fraction of sp³-hybridized carbons (Fsp3) is 0.600. The van der Waals surface area contributed by atoms with Crippen LogP contribution in [0.1, 0.15) is 44.2 Å². The number of nitrogens with zero attached hydrogens (tertiary/aromatic N) is 2. The minimum Gasteiger partial charge on any atom is -0.342 e. The van der Waals surface area contributed by atoms with Crippen LogP contribution in [0.5, 0.6) is 0 Å². The molecule has 2 amide bonds. The summed E-state index contributed by atoms with van der Waals surface area (Å²) in [6.45, 7) is 8.21. The van der Waals surface area contributed by atoms with Gasteiger partial charge in [0.05, 0.1) is 0 Å². The van der Waals surface area contributed by atoms with Gasteiger partial charge in [-0.05, 0) is 44.2 Å². The molecule has 0 radical (unpaired) electrons. The van der Waals surface area contributed by atoms with E-state index in [0.717, 1.165) is 37.9 Å². The molecule has 0 bridgehead atoms. The molecular formula is C20H28N2O2. The third-order valence-electron chi connectivity index (χ3n) is 5.27. The Morgan fingerprint density at radius 3 is 2.50 bits per heavy atom. The van der Waals surface area contributed by atoms with Crippen molar-refractivity contribution in [3.05, 3.63) is 29.3 Å². The minimum atomic E-state index is 0.0365. The largest absolute Gasteiger partial charge is 0.342 e. The van der Waals surface area contributed by atoms with Gasteiger partial charge in [-0.25, -0.2) is 0 Å². The lowest BCUT2D eigenvalue weighted by Crippen LogP contribution is -2.46. The number of carbonyl (C=O) groups excluding carboxylic acids is 2. The first kappa shape index (κ1) is 17.0. The summed E-state index contributed by atoms with van der Waals surface area (Å²) in [7, 11) is 0. The van der Waals surface area contributed by atoms with Crippen molar-refractivity contribution < 1.29 is 9.59 Å². The summed E-state index contributed by atoms with van der Waals surface area (Å²) in [4.78, 5) is 29.0. The molecule has 1 aromatic rings. The lowest BCUT2D eigenvalue weighted by Gasteiger charge is -2.37. The van der Waals surface area contributed by atoms with Gasteiger partial charge >= 0.3 is 0 Å². The highest BCUT2D eigenvalue weighted by atomic mass is 16.2. The number of piperidine rings is 1. The molecule has 1 fully saturated rings. The van der Waals surface area contributed by atoms with Crippen LogP contribution in [0, 0.1) is 18.8 Å². The van der Waals surface area contributed by atoms with Crippen molar-refractivity contribution in [3.63, 3.8) is 0 Å². The van der Waals surface area contributed by atoms with Crippen LogP contribution in [-0.2, 0) is 16.0 Å². The zero-order valence-corrected chi connectivity index (χ0v) is 15.0. The summed E-state index contributed by atoms with van der Waals surface area (Å²) in [6, 6.07) is 6.40. The van der Waals surface area contributed by atoms with Crippen molar-refractivity contribution in [3.8, 4) is 0 Å². The fourth-order valence-electron chi connectivity index (χ4n) is 3.89. The third-order valence-corrected chi connectivity index (χ3v) is 5.27. The van der Waals surface area contributed by atoms with Gasteiger partial charge in [0.2, 0.25) is 11.8 Å². The van der Waals surface area contributed by atoms with Crippen LogP contribution in [0.25, 0.3) is 0 Å². The standard InChI is InChI=1S/C20H28N2O2/c1-14(2)19(23)21-11-8-16(9-12-21)20(24)22-10-4-5-17-13-15(3)6-7-18(17)22/h6-7,13-14,16H,4-5,8-12H2,1-3H3. The topological polar surface area (TPSA) is 40.6 Å². The van der Waals surface area contributed by atoms with Gasteiger partial charge in [-0.2, -0.15) is 0 Å². The SMILES string of the molecule is Cc1ccc2c(c1)CCCN2C(=O)C1CCN(C(=O)C(C)C)CC1. The Labute approximate surface area is 144 Å². The highest BCUT2D eigenvalue weighted by Crippen LogP contribution is 2.31. The zero-order chi connectivity index (χ0) is 17.3. The van der Waals surface area contributed by atoms with E-state index in [0.29, 0.717) is 13.1 Å². The number of hydrogen-bond donors (Lipinski definition) is 0. The summed E-state index contributed by atoms with van der Waals surface area (Å²) in [5.41, 5.74) is 3.64. The molecule has 3 rings (SSSR count). The molecule has 0 N–H and O–H groups in total. The van der Waals surface area contributed by atoms with Gasteiger partial charge in [-0.15, -0.1) is 0 Å². The van der Waals surface area contributed by atoms with Crippen LogP contribution >= 0.6 is 0 Å². The molecule has 1 aromatic carbocycles. The molecule has 0 spiro atoms. The number of rotatable bonds is 2.